The molecule has 0 amide bonds. The number of allylic oxidation sites excluding steroid dienone is 1. The highest BCUT2D eigenvalue weighted by Gasteiger charge is 1.97. The van der Waals surface area contributed by atoms with E-state index in [2.05, 4.69) is 13.8 Å². The summed E-state index contributed by atoms with van der Waals surface area (Å²) in [6.07, 6.45) is 18.8. The van der Waals surface area contributed by atoms with Gasteiger partial charge in [0, 0.05) is 0 Å². The average molecular weight is 251 g/mol. The zero-order chi connectivity index (χ0) is 13.5. The number of hydrogen-bond acceptors (Lipinski definition) is 0. The molecule has 0 aromatic heterocycles. The fourth-order valence-corrected chi connectivity index (χ4v) is 2.39. The van der Waals surface area contributed by atoms with Crippen LogP contribution in [-0.2, 0) is 0 Å². The van der Waals surface area contributed by atoms with E-state index in [-0.39, 0.29) is 0 Å². The molecule has 0 fully saturated rings. The Hall–Kier alpha value is -0.260. The van der Waals surface area contributed by atoms with E-state index in [9.17, 15) is 0 Å². The summed E-state index contributed by atoms with van der Waals surface area (Å²) in [5.74, 6) is 0. The van der Waals surface area contributed by atoms with Gasteiger partial charge in [-0.15, -0.1) is 0 Å². The number of rotatable bonds is 14. The van der Waals surface area contributed by atoms with Crippen LogP contribution in [0, 0.1) is 6.58 Å². The molecule has 0 saturated carbocycles. The molecule has 0 heteroatoms. The lowest BCUT2D eigenvalue weighted by Crippen LogP contribution is -1.86. The van der Waals surface area contributed by atoms with Crippen LogP contribution < -0.4 is 0 Å². The van der Waals surface area contributed by atoms with E-state index in [0.29, 0.717) is 0 Å². The second-order valence-electron chi connectivity index (χ2n) is 5.69. The van der Waals surface area contributed by atoms with Crippen LogP contribution >= 0.6 is 0 Å². The van der Waals surface area contributed by atoms with Gasteiger partial charge in [-0.25, -0.2) is 0 Å². The van der Waals surface area contributed by atoms with Gasteiger partial charge in [0.15, 0.2) is 0 Å². The lowest BCUT2D eigenvalue weighted by Gasteiger charge is -2.05. The summed E-state index contributed by atoms with van der Waals surface area (Å²) in [4.78, 5) is 0. The van der Waals surface area contributed by atoms with Gasteiger partial charge in [0.1, 0.15) is 0 Å². The minimum absolute atomic E-state index is 1.17. The minimum Gasteiger partial charge on any atom is -0.0702 e. The molecule has 107 valence electrons. The van der Waals surface area contributed by atoms with Gasteiger partial charge in [0.25, 0.3) is 0 Å². The molecule has 0 aliphatic carbocycles. The van der Waals surface area contributed by atoms with E-state index >= 15 is 0 Å². The molecule has 0 unspecified atom stereocenters. The van der Waals surface area contributed by atoms with E-state index in [4.69, 9.17) is 6.58 Å². The monoisotopic (exact) mass is 251 g/mol. The number of hydrogen-bond donors (Lipinski definition) is 0. The van der Waals surface area contributed by atoms with Crippen LogP contribution in [0.4, 0.5) is 0 Å². The maximum atomic E-state index is 6.07. The lowest BCUT2D eigenvalue weighted by atomic mass is 10.0. The first kappa shape index (κ1) is 17.7. The van der Waals surface area contributed by atoms with Crippen LogP contribution in [0.1, 0.15) is 104 Å². The highest BCUT2D eigenvalue weighted by atomic mass is 14.0. The van der Waals surface area contributed by atoms with E-state index in [0.717, 1.165) is 0 Å². The Morgan fingerprint density at radius 2 is 0.889 bits per heavy atom. The molecule has 0 aromatic carbocycles. The summed E-state index contributed by atoms with van der Waals surface area (Å²) in [5, 5.41) is 0. The van der Waals surface area contributed by atoms with Crippen molar-refractivity contribution in [1.29, 1.82) is 0 Å². The Bertz CT molecular complexity index is 151. The molecule has 0 rings (SSSR count). The van der Waals surface area contributed by atoms with Gasteiger partial charge >= 0.3 is 0 Å². The topological polar surface area (TPSA) is 0 Å². The standard InChI is InChI=1S/C18H35/c1-4-6-8-10-12-14-16-18(3)17-15-13-11-9-7-5-2/h3H,4-17H2,1-2H3. The third-order valence-corrected chi connectivity index (χ3v) is 3.70. The van der Waals surface area contributed by atoms with E-state index in [1.54, 1.807) is 0 Å². The molecule has 0 bridgehead atoms. The van der Waals surface area contributed by atoms with Gasteiger partial charge in [0.2, 0.25) is 0 Å². The van der Waals surface area contributed by atoms with Gasteiger partial charge < -0.3 is 0 Å². The molecule has 0 aliphatic heterocycles. The smallest absolute Gasteiger partial charge is 0.0317 e. The van der Waals surface area contributed by atoms with Crippen molar-refractivity contribution in [3.63, 3.8) is 0 Å². The molecule has 0 aromatic rings. The first-order valence-electron chi connectivity index (χ1n) is 8.41. The molecular formula is C18H35. The second-order valence-corrected chi connectivity index (χ2v) is 5.69. The Morgan fingerprint density at radius 1 is 0.556 bits per heavy atom. The molecule has 18 heavy (non-hydrogen) atoms. The van der Waals surface area contributed by atoms with Crippen molar-refractivity contribution >= 4 is 0 Å². The highest BCUT2D eigenvalue weighted by molar-refractivity contribution is 4.90. The summed E-state index contributed by atoms with van der Waals surface area (Å²) < 4.78 is 0. The van der Waals surface area contributed by atoms with Gasteiger partial charge in [-0.1, -0.05) is 90.2 Å². The van der Waals surface area contributed by atoms with Gasteiger partial charge in [-0.05, 0) is 25.7 Å². The van der Waals surface area contributed by atoms with Crippen LogP contribution in [0.15, 0.2) is 5.57 Å². The molecule has 1 radical (unpaired) electrons. The maximum absolute atomic E-state index is 6.07. The van der Waals surface area contributed by atoms with Crippen LogP contribution in [0.25, 0.3) is 0 Å². The van der Waals surface area contributed by atoms with Crippen molar-refractivity contribution in [1.82, 2.24) is 0 Å². The molecular weight excluding hydrogens is 216 g/mol. The molecule has 0 heterocycles. The Balaban J connectivity index is 3.12. The lowest BCUT2D eigenvalue weighted by molar-refractivity contribution is 0.583. The van der Waals surface area contributed by atoms with Crippen molar-refractivity contribution in [3.8, 4) is 0 Å². The van der Waals surface area contributed by atoms with E-state index in [1.807, 2.05) is 0 Å². The van der Waals surface area contributed by atoms with Crippen LogP contribution in [0.3, 0.4) is 0 Å². The average Bonchev–Trinajstić information content (AvgIpc) is 2.38. The molecule has 0 N–H and O–H groups in total. The summed E-state index contributed by atoms with van der Waals surface area (Å²) in [5.41, 5.74) is 1.25. The fraction of sp³-hybridized carbons (Fsp3) is 0.889. The van der Waals surface area contributed by atoms with Crippen molar-refractivity contribution in [2.24, 2.45) is 0 Å². The Morgan fingerprint density at radius 3 is 1.28 bits per heavy atom. The number of unbranched alkanes of at least 4 members (excludes halogenated alkanes) is 10. The second kappa shape index (κ2) is 14.8. The summed E-state index contributed by atoms with van der Waals surface area (Å²) in [6.45, 7) is 10.6. The van der Waals surface area contributed by atoms with Gasteiger partial charge in [-0.2, -0.15) is 0 Å². The van der Waals surface area contributed by atoms with Crippen molar-refractivity contribution in [2.75, 3.05) is 0 Å². The zero-order valence-electron chi connectivity index (χ0n) is 13.0. The van der Waals surface area contributed by atoms with Crippen LogP contribution in [-0.4, -0.2) is 0 Å². The third-order valence-electron chi connectivity index (χ3n) is 3.70. The molecule has 0 saturated heterocycles. The summed E-state index contributed by atoms with van der Waals surface area (Å²) in [6, 6.07) is 0. The van der Waals surface area contributed by atoms with E-state index in [1.165, 1.54) is 95.5 Å². The zero-order valence-corrected chi connectivity index (χ0v) is 13.0. The molecule has 0 aliphatic rings. The van der Waals surface area contributed by atoms with Crippen molar-refractivity contribution < 1.29 is 0 Å². The Kier molecular flexibility index (Phi) is 14.6. The van der Waals surface area contributed by atoms with Crippen molar-refractivity contribution in [3.05, 3.63) is 12.2 Å². The van der Waals surface area contributed by atoms with Gasteiger partial charge in [-0.3, -0.25) is 0 Å². The third kappa shape index (κ3) is 13.8. The Labute approximate surface area is 116 Å². The summed E-state index contributed by atoms with van der Waals surface area (Å²) in [7, 11) is 0. The molecule has 0 atom stereocenters. The normalized spacial score (nSPS) is 10.8. The predicted octanol–water partition coefficient (Wildman–Crippen LogP) is 6.85. The fourth-order valence-electron chi connectivity index (χ4n) is 2.39. The van der Waals surface area contributed by atoms with Crippen molar-refractivity contribution in [2.45, 2.75) is 104 Å². The van der Waals surface area contributed by atoms with Gasteiger partial charge in [0.05, 0.1) is 0 Å². The minimum atomic E-state index is 1.17. The molecule has 0 nitrogen and oxygen atoms in total. The highest BCUT2D eigenvalue weighted by Crippen LogP contribution is 2.16. The van der Waals surface area contributed by atoms with Crippen LogP contribution in [0.2, 0.25) is 0 Å². The quantitative estimate of drug-likeness (QED) is 0.296. The maximum Gasteiger partial charge on any atom is -0.0317 e. The predicted molar refractivity (Wildman–Crippen MR) is 83.8 cm³/mol. The first-order chi connectivity index (χ1) is 8.81. The molecule has 0 spiro atoms. The summed E-state index contributed by atoms with van der Waals surface area (Å²) >= 11 is 0. The SMILES string of the molecule is [CH]=C(CCCCCCCC)CCCCCCCC. The first-order valence-corrected chi connectivity index (χ1v) is 8.41. The largest absolute Gasteiger partial charge is 0.0702 e. The van der Waals surface area contributed by atoms with Crippen LogP contribution in [0.5, 0.6) is 0 Å². The van der Waals surface area contributed by atoms with E-state index < -0.39 is 0 Å².